The highest BCUT2D eigenvalue weighted by Gasteiger charge is 2.22. The van der Waals surface area contributed by atoms with Gasteiger partial charge in [0.15, 0.2) is 0 Å². The molecule has 1 aliphatic rings. The number of rotatable bonds is 8. The molecule has 0 aliphatic heterocycles. The molecule has 0 bridgehead atoms. The van der Waals surface area contributed by atoms with Crippen LogP contribution in [0.3, 0.4) is 0 Å². The lowest BCUT2D eigenvalue weighted by Crippen LogP contribution is -2.25. The number of benzene rings is 3. The summed E-state index contributed by atoms with van der Waals surface area (Å²) in [5.41, 5.74) is 6.01. The Kier molecular flexibility index (Phi) is 8.29. The van der Waals surface area contributed by atoms with Crippen molar-refractivity contribution in [2.24, 2.45) is 0 Å². The van der Waals surface area contributed by atoms with E-state index in [0.717, 1.165) is 25.7 Å². The van der Waals surface area contributed by atoms with Gasteiger partial charge in [0, 0.05) is 0 Å². The molecule has 4 rings (SSSR count). The summed E-state index contributed by atoms with van der Waals surface area (Å²) in [6.45, 7) is 4.43. The Morgan fingerprint density at radius 2 is 1.48 bits per heavy atom. The first-order valence-corrected chi connectivity index (χ1v) is 13.3. The molecule has 0 spiro atoms. The summed E-state index contributed by atoms with van der Waals surface area (Å²) in [6, 6.07) is 27.0. The van der Waals surface area contributed by atoms with Crippen LogP contribution in [0.15, 0.2) is 121 Å². The minimum Gasteiger partial charge on any atom is -0.0913 e. The summed E-state index contributed by atoms with van der Waals surface area (Å²) >= 11 is 0. The molecule has 1 aliphatic carbocycles. The van der Waals surface area contributed by atoms with Crippen molar-refractivity contribution < 1.29 is 0 Å². The minimum atomic E-state index is -0.629. The van der Waals surface area contributed by atoms with E-state index in [4.69, 9.17) is 0 Å². The number of hydrogen-bond donors (Lipinski definition) is 0. The van der Waals surface area contributed by atoms with Gasteiger partial charge in [-0.15, -0.1) is 0 Å². The summed E-state index contributed by atoms with van der Waals surface area (Å²) in [6.07, 6.45) is 19.6. The Morgan fingerprint density at radius 3 is 2.12 bits per heavy atom. The van der Waals surface area contributed by atoms with Crippen LogP contribution < -0.4 is 15.9 Å². The first kappa shape index (κ1) is 23.2. The maximum atomic E-state index is 2.43. The highest BCUT2D eigenvalue weighted by atomic mass is 31.1. The standard InChI is InChI=1S/C32H33P/c1-3-5-18-27-23-24-32(31(30(27)4-2)25-26-16-10-6-7-11-17-26)33(28-19-12-8-13-20-28)29-21-14-9-15-22-29/h3,5-16,19-24H,4,17-18,25H2,1-2H3/b5-3-. The average Bonchev–Trinajstić information content (AvgIpc) is 3.14. The van der Waals surface area contributed by atoms with E-state index < -0.39 is 7.92 Å². The van der Waals surface area contributed by atoms with Gasteiger partial charge in [-0.1, -0.05) is 128 Å². The molecule has 3 aromatic rings. The van der Waals surface area contributed by atoms with Crippen molar-refractivity contribution in [3.05, 3.63) is 138 Å². The minimum absolute atomic E-state index is 0.629. The number of hydrogen-bond acceptors (Lipinski definition) is 0. The maximum absolute atomic E-state index is 2.43. The zero-order valence-corrected chi connectivity index (χ0v) is 20.6. The molecule has 0 nitrogen and oxygen atoms in total. The third-order valence-corrected chi connectivity index (χ3v) is 8.70. The van der Waals surface area contributed by atoms with Crippen molar-refractivity contribution in [2.75, 3.05) is 0 Å². The van der Waals surface area contributed by atoms with E-state index in [9.17, 15) is 0 Å². The van der Waals surface area contributed by atoms with Crippen LogP contribution >= 0.6 is 7.92 Å². The fraction of sp³-hybridized carbons (Fsp3) is 0.188. The van der Waals surface area contributed by atoms with Gasteiger partial charge in [-0.25, -0.2) is 0 Å². The summed E-state index contributed by atoms with van der Waals surface area (Å²) in [5, 5.41) is 4.33. The monoisotopic (exact) mass is 448 g/mol. The van der Waals surface area contributed by atoms with Gasteiger partial charge in [0.05, 0.1) is 0 Å². The van der Waals surface area contributed by atoms with Gasteiger partial charge < -0.3 is 0 Å². The SMILES string of the molecule is C/C=C\Cc1ccc(P(c2ccccc2)c2ccccc2)c(CC2=CC=CC=CC2)c1CC. The summed E-state index contributed by atoms with van der Waals surface area (Å²) < 4.78 is 0. The van der Waals surface area contributed by atoms with Crippen molar-refractivity contribution in [3.63, 3.8) is 0 Å². The van der Waals surface area contributed by atoms with Crippen molar-refractivity contribution in [1.29, 1.82) is 0 Å². The summed E-state index contributed by atoms with van der Waals surface area (Å²) in [4.78, 5) is 0. The highest BCUT2D eigenvalue weighted by molar-refractivity contribution is 7.79. The second-order valence-corrected chi connectivity index (χ2v) is 10.5. The van der Waals surface area contributed by atoms with Crippen LogP contribution in [-0.4, -0.2) is 0 Å². The third-order valence-electron chi connectivity index (χ3n) is 6.17. The Bertz CT molecular complexity index is 1120. The van der Waals surface area contributed by atoms with Crippen molar-refractivity contribution in [1.82, 2.24) is 0 Å². The lowest BCUT2D eigenvalue weighted by molar-refractivity contribution is 0.997. The molecule has 1 heteroatoms. The molecule has 0 amide bonds. The van der Waals surface area contributed by atoms with Crippen LogP contribution in [0.1, 0.15) is 37.0 Å². The molecule has 0 N–H and O–H groups in total. The normalized spacial score (nSPS) is 13.5. The van der Waals surface area contributed by atoms with E-state index in [1.807, 2.05) is 0 Å². The lowest BCUT2D eigenvalue weighted by atomic mass is 9.91. The molecule has 0 saturated carbocycles. The van der Waals surface area contributed by atoms with E-state index in [0.29, 0.717) is 0 Å². The Morgan fingerprint density at radius 1 is 0.788 bits per heavy atom. The van der Waals surface area contributed by atoms with Gasteiger partial charge >= 0.3 is 0 Å². The molecule has 0 radical (unpaired) electrons. The van der Waals surface area contributed by atoms with Crippen LogP contribution in [0.25, 0.3) is 0 Å². The van der Waals surface area contributed by atoms with Crippen LogP contribution in [-0.2, 0) is 19.3 Å². The average molecular weight is 449 g/mol. The predicted octanol–water partition coefficient (Wildman–Crippen LogP) is 7.11. The van der Waals surface area contributed by atoms with Crippen LogP contribution in [0, 0.1) is 0 Å². The second kappa shape index (κ2) is 11.8. The van der Waals surface area contributed by atoms with E-state index >= 15 is 0 Å². The van der Waals surface area contributed by atoms with Crippen molar-refractivity contribution in [2.45, 2.75) is 39.5 Å². The van der Waals surface area contributed by atoms with Gasteiger partial charge in [-0.3, -0.25) is 0 Å². The molecule has 0 aromatic heterocycles. The van der Waals surface area contributed by atoms with Crippen molar-refractivity contribution >= 4 is 23.8 Å². The molecular formula is C32H33P. The predicted molar refractivity (Wildman–Crippen MR) is 148 cm³/mol. The van der Waals surface area contributed by atoms with Gasteiger partial charge in [-0.05, 0) is 73.1 Å². The van der Waals surface area contributed by atoms with E-state index in [1.54, 1.807) is 0 Å². The lowest BCUT2D eigenvalue weighted by Gasteiger charge is -2.26. The van der Waals surface area contributed by atoms with Gasteiger partial charge in [0.2, 0.25) is 0 Å². The molecule has 3 aromatic carbocycles. The second-order valence-electron chi connectivity index (χ2n) is 8.35. The van der Waals surface area contributed by atoms with Crippen LogP contribution in [0.2, 0.25) is 0 Å². The molecule has 33 heavy (non-hydrogen) atoms. The topological polar surface area (TPSA) is 0 Å². The van der Waals surface area contributed by atoms with Gasteiger partial charge in [0.25, 0.3) is 0 Å². The van der Waals surface area contributed by atoms with E-state index in [2.05, 4.69) is 129 Å². The summed E-state index contributed by atoms with van der Waals surface area (Å²) in [5.74, 6) is 0. The maximum Gasteiger partial charge on any atom is -0.00515 e. The van der Waals surface area contributed by atoms with Crippen LogP contribution in [0.4, 0.5) is 0 Å². The third kappa shape index (κ3) is 5.70. The van der Waals surface area contributed by atoms with Crippen molar-refractivity contribution in [3.8, 4) is 0 Å². The molecular weight excluding hydrogens is 415 g/mol. The first-order valence-electron chi connectivity index (χ1n) is 12.0. The quantitative estimate of drug-likeness (QED) is 0.254. The van der Waals surface area contributed by atoms with E-state index in [-0.39, 0.29) is 0 Å². The Labute approximate surface area is 200 Å². The van der Waals surface area contributed by atoms with Gasteiger partial charge in [-0.2, -0.15) is 0 Å². The molecule has 0 unspecified atom stereocenters. The molecule has 0 fully saturated rings. The van der Waals surface area contributed by atoms with Crippen LogP contribution in [0.5, 0.6) is 0 Å². The zero-order chi connectivity index (χ0) is 22.9. The van der Waals surface area contributed by atoms with E-state index in [1.165, 1.54) is 38.2 Å². The smallest absolute Gasteiger partial charge is 0.00515 e. The highest BCUT2D eigenvalue weighted by Crippen LogP contribution is 2.37. The summed E-state index contributed by atoms with van der Waals surface area (Å²) in [7, 11) is -0.629. The molecule has 0 heterocycles. The zero-order valence-electron chi connectivity index (χ0n) is 19.7. The Balaban J connectivity index is 1.92. The fourth-order valence-electron chi connectivity index (χ4n) is 4.57. The largest absolute Gasteiger partial charge is 0.0913 e. The molecule has 0 atom stereocenters. The van der Waals surface area contributed by atoms with Gasteiger partial charge in [0.1, 0.15) is 0 Å². The molecule has 166 valence electrons. The Hall–Kier alpha value is -2.95. The first-order chi connectivity index (χ1) is 16.3. The fourth-order valence-corrected chi connectivity index (χ4v) is 7.08. The molecule has 0 saturated heterocycles. The number of allylic oxidation sites excluding steroid dienone is 8.